The van der Waals surface area contributed by atoms with Crippen LogP contribution in [0.15, 0.2) is 40.8 Å². The highest BCUT2D eigenvalue weighted by molar-refractivity contribution is 6.16. The molecule has 3 aromatic rings. The van der Waals surface area contributed by atoms with Crippen molar-refractivity contribution in [2.75, 3.05) is 21.3 Å². The van der Waals surface area contributed by atoms with Crippen LogP contribution in [0.3, 0.4) is 0 Å². The van der Waals surface area contributed by atoms with Crippen molar-refractivity contribution in [3.05, 3.63) is 53.3 Å². The standard InChI is InChI=1S/C20H20O5/c1-5-13-11-15-14(7-6-8-16(15)25-13)19(21)12-9-17(22-2)20(24-4)18(10-12)23-3/h6-11H,5H2,1-4H3. The molecule has 0 amide bonds. The van der Waals surface area contributed by atoms with Crippen molar-refractivity contribution in [2.24, 2.45) is 0 Å². The zero-order valence-corrected chi connectivity index (χ0v) is 14.7. The molecular weight excluding hydrogens is 320 g/mol. The smallest absolute Gasteiger partial charge is 0.203 e. The van der Waals surface area contributed by atoms with E-state index in [0.29, 0.717) is 34.0 Å². The predicted octanol–water partition coefficient (Wildman–Crippen LogP) is 4.25. The molecule has 0 radical (unpaired) electrons. The number of furan rings is 1. The van der Waals surface area contributed by atoms with Crippen molar-refractivity contribution < 1.29 is 23.4 Å². The molecule has 2 aromatic carbocycles. The number of benzene rings is 2. The van der Waals surface area contributed by atoms with Gasteiger partial charge in [-0.05, 0) is 24.3 Å². The van der Waals surface area contributed by atoms with E-state index in [1.165, 1.54) is 21.3 Å². The average Bonchev–Trinajstić information content (AvgIpc) is 3.09. The SMILES string of the molecule is CCc1cc2c(C(=O)c3cc(OC)c(OC)c(OC)c3)cccc2o1. The number of ketones is 1. The number of aryl methyl sites for hydroxylation is 1. The number of methoxy groups -OCH3 is 3. The first-order valence-electron chi connectivity index (χ1n) is 7.99. The summed E-state index contributed by atoms with van der Waals surface area (Å²) in [7, 11) is 4.58. The molecule has 0 unspecified atom stereocenters. The number of hydrogen-bond acceptors (Lipinski definition) is 5. The van der Waals surface area contributed by atoms with E-state index < -0.39 is 0 Å². The lowest BCUT2D eigenvalue weighted by Crippen LogP contribution is -2.04. The fraction of sp³-hybridized carbons (Fsp3) is 0.250. The highest BCUT2D eigenvalue weighted by atomic mass is 16.5. The minimum absolute atomic E-state index is 0.131. The summed E-state index contributed by atoms with van der Waals surface area (Å²) in [6.07, 6.45) is 0.770. The van der Waals surface area contributed by atoms with Crippen LogP contribution in [-0.4, -0.2) is 27.1 Å². The van der Waals surface area contributed by atoms with Crippen molar-refractivity contribution in [1.29, 1.82) is 0 Å². The molecular formula is C20H20O5. The zero-order valence-electron chi connectivity index (χ0n) is 14.7. The second kappa shape index (κ2) is 6.89. The Bertz CT molecular complexity index is 898. The van der Waals surface area contributed by atoms with Crippen LogP contribution >= 0.6 is 0 Å². The van der Waals surface area contributed by atoms with E-state index in [1.54, 1.807) is 18.2 Å². The molecule has 0 aliphatic heterocycles. The molecule has 1 aromatic heterocycles. The first-order chi connectivity index (χ1) is 12.1. The van der Waals surface area contributed by atoms with E-state index in [1.807, 2.05) is 25.1 Å². The van der Waals surface area contributed by atoms with Crippen LogP contribution in [0, 0.1) is 0 Å². The quantitative estimate of drug-likeness (QED) is 0.628. The van der Waals surface area contributed by atoms with Crippen molar-refractivity contribution in [1.82, 2.24) is 0 Å². The lowest BCUT2D eigenvalue weighted by molar-refractivity contribution is 0.103. The second-order valence-corrected chi connectivity index (χ2v) is 5.53. The lowest BCUT2D eigenvalue weighted by Gasteiger charge is -2.13. The number of fused-ring (bicyclic) bond motifs is 1. The van der Waals surface area contributed by atoms with Gasteiger partial charge in [0.05, 0.1) is 21.3 Å². The summed E-state index contributed by atoms with van der Waals surface area (Å²) in [4.78, 5) is 13.1. The van der Waals surface area contributed by atoms with E-state index in [2.05, 4.69) is 0 Å². The molecule has 0 spiro atoms. The monoisotopic (exact) mass is 340 g/mol. The zero-order chi connectivity index (χ0) is 18.0. The maximum Gasteiger partial charge on any atom is 0.203 e. The summed E-state index contributed by atoms with van der Waals surface area (Å²) >= 11 is 0. The predicted molar refractivity (Wildman–Crippen MR) is 95.1 cm³/mol. The van der Waals surface area contributed by atoms with Gasteiger partial charge in [-0.1, -0.05) is 19.1 Å². The number of carbonyl (C=O) groups is 1. The van der Waals surface area contributed by atoms with E-state index in [-0.39, 0.29) is 5.78 Å². The van der Waals surface area contributed by atoms with Gasteiger partial charge in [-0.15, -0.1) is 0 Å². The Morgan fingerprint density at radius 2 is 1.68 bits per heavy atom. The maximum absolute atomic E-state index is 13.1. The molecule has 0 bridgehead atoms. The fourth-order valence-corrected chi connectivity index (χ4v) is 2.85. The normalized spacial score (nSPS) is 10.7. The molecule has 0 aliphatic rings. The van der Waals surface area contributed by atoms with Crippen molar-refractivity contribution in [2.45, 2.75) is 13.3 Å². The first-order valence-corrected chi connectivity index (χ1v) is 7.99. The highest BCUT2D eigenvalue weighted by Crippen LogP contribution is 2.39. The lowest BCUT2D eigenvalue weighted by atomic mass is 9.99. The van der Waals surface area contributed by atoms with Gasteiger partial charge in [0, 0.05) is 22.9 Å². The Kier molecular flexibility index (Phi) is 4.65. The summed E-state index contributed by atoms with van der Waals surface area (Å²) in [5.74, 6) is 2.06. The van der Waals surface area contributed by atoms with Gasteiger partial charge in [-0.3, -0.25) is 4.79 Å². The van der Waals surface area contributed by atoms with Gasteiger partial charge in [0.25, 0.3) is 0 Å². The molecule has 25 heavy (non-hydrogen) atoms. The third kappa shape index (κ3) is 2.93. The average molecular weight is 340 g/mol. The summed E-state index contributed by atoms with van der Waals surface area (Å²) < 4.78 is 21.7. The molecule has 0 atom stereocenters. The summed E-state index contributed by atoms with van der Waals surface area (Å²) in [6, 6.07) is 10.7. The molecule has 0 N–H and O–H groups in total. The van der Waals surface area contributed by atoms with Gasteiger partial charge < -0.3 is 18.6 Å². The number of hydrogen-bond donors (Lipinski definition) is 0. The minimum atomic E-state index is -0.131. The van der Waals surface area contributed by atoms with Gasteiger partial charge in [0.15, 0.2) is 17.3 Å². The van der Waals surface area contributed by atoms with E-state index in [0.717, 1.165) is 17.6 Å². The molecule has 1 heterocycles. The molecule has 5 nitrogen and oxygen atoms in total. The number of ether oxygens (including phenoxy) is 3. The van der Waals surface area contributed by atoms with Crippen LogP contribution in [0.4, 0.5) is 0 Å². The Labute approximate surface area is 146 Å². The molecule has 130 valence electrons. The minimum Gasteiger partial charge on any atom is -0.493 e. The number of rotatable bonds is 6. The van der Waals surface area contributed by atoms with E-state index in [4.69, 9.17) is 18.6 Å². The van der Waals surface area contributed by atoms with Crippen molar-refractivity contribution in [3.63, 3.8) is 0 Å². The first kappa shape index (κ1) is 16.9. The van der Waals surface area contributed by atoms with Crippen LogP contribution in [0.25, 0.3) is 11.0 Å². The van der Waals surface area contributed by atoms with Crippen molar-refractivity contribution >= 4 is 16.8 Å². The third-order valence-corrected chi connectivity index (χ3v) is 4.13. The highest BCUT2D eigenvalue weighted by Gasteiger charge is 2.20. The summed E-state index contributed by atoms with van der Waals surface area (Å²) in [6.45, 7) is 2.01. The molecule has 0 saturated carbocycles. The summed E-state index contributed by atoms with van der Waals surface area (Å²) in [5, 5.41) is 0.804. The summed E-state index contributed by atoms with van der Waals surface area (Å²) in [5.41, 5.74) is 1.74. The Balaban J connectivity index is 2.14. The van der Waals surface area contributed by atoms with Crippen LogP contribution in [-0.2, 0) is 6.42 Å². The van der Waals surface area contributed by atoms with Crippen molar-refractivity contribution in [3.8, 4) is 17.2 Å². The van der Waals surface area contributed by atoms with Gasteiger partial charge in [-0.2, -0.15) is 0 Å². The van der Waals surface area contributed by atoms with Gasteiger partial charge in [0.1, 0.15) is 11.3 Å². The van der Waals surface area contributed by atoms with Gasteiger partial charge in [-0.25, -0.2) is 0 Å². The molecule has 3 rings (SSSR count). The van der Waals surface area contributed by atoms with Crippen LogP contribution in [0.1, 0.15) is 28.6 Å². The molecule has 0 saturated heterocycles. The third-order valence-electron chi connectivity index (χ3n) is 4.13. The Morgan fingerprint density at radius 1 is 1.00 bits per heavy atom. The van der Waals surface area contributed by atoms with Gasteiger partial charge in [0.2, 0.25) is 5.75 Å². The maximum atomic E-state index is 13.1. The van der Waals surface area contributed by atoms with Crippen LogP contribution in [0.5, 0.6) is 17.2 Å². The van der Waals surface area contributed by atoms with Gasteiger partial charge >= 0.3 is 0 Å². The second-order valence-electron chi connectivity index (χ2n) is 5.53. The van der Waals surface area contributed by atoms with E-state index in [9.17, 15) is 4.79 Å². The van der Waals surface area contributed by atoms with Crippen LogP contribution < -0.4 is 14.2 Å². The Hall–Kier alpha value is -2.95. The topological polar surface area (TPSA) is 57.9 Å². The largest absolute Gasteiger partial charge is 0.493 e. The molecule has 0 fully saturated rings. The van der Waals surface area contributed by atoms with Crippen LogP contribution in [0.2, 0.25) is 0 Å². The Morgan fingerprint density at radius 3 is 2.24 bits per heavy atom. The molecule has 0 aliphatic carbocycles. The fourth-order valence-electron chi connectivity index (χ4n) is 2.85. The number of carbonyl (C=O) groups excluding carboxylic acids is 1. The van der Waals surface area contributed by atoms with E-state index >= 15 is 0 Å². The molecule has 5 heteroatoms.